The minimum Gasteiger partial charge on any atom is -0.396 e. The van der Waals surface area contributed by atoms with Crippen LogP contribution in [0.2, 0.25) is 0 Å². The number of hydrogen-bond donors (Lipinski definition) is 1. The highest BCUT2D eigenvalue weighted by atomic mass is 16.3. The number of fused-ring (bicyclic) bond motifs is 1. The summed E-state index contributed by atoms with van der Waals surface area (Å²) in [7, 11) is 0. The molecule has 2 nitrogen and oxygen atoms in total. The summed E-state index contributed by atoms with van der Waals surface area (Å²) in [6.45, 7) is 5.84. The topological polar surface area (TPSA) is 37.3 Å². The van der Waals surface area contributed by atoms with Crippen LogP contribution in [-0.4, -0.2) is 17.5 Å². The molecule has 0 aromatic heterocycles. The Morgan fingerprint density at radius 3 is 2.43 bits per heavy atom. The van der Waals surface area contributed by atoms with Crippen LogP contribution < -0.4 is 0 Å². The number of Topliss-reactive ketones (excluding diaryl/α,β-unsaturated/α-hetero) is 1. The molecule has 1 N–H and O–H groups in total. The van der Waals surface area contributed by atoms with E-state index in [0.29, 0.717) is 6.42 Å². The Bertz CT molecular complexity index is 617. The first-order chi connectivity index (χ1) is 9.91. The monoisotopic (exact) mass is 284 g/mol. The number of benzene rings is 2. The summed E-state index contributed by atoms with van der Waals surface area (Å²) in [5.41, 5.74) is 0.862. The second-order valence-corrected chi connectivity index (χ2v) is 6.77. The molecule has 0 saturated heterocycles. The highest BCUT2D eigenvalue weighted by Crippen LogP contribution is 2.25. The quantitative estimate of drug-likeness (QED) is 0.901. The highest BCUT2D eigenvalue weighted by Gasteiger charge is 2.24. The van der Waals surface area contributed by atoms with Gasteiger partial charge in [-0.1, -0.05) is 63.2 Å². The first kappa shape index (κ1) is 15.7. The zero-order valence-electron chi connectivity index (χ0n) is 13.1. The maximum Gasteiger partial charge on any atom is 0.138 e. The molecule has 0 heterocycles. The van der Waals surface area contributed by atoms with E-state index < -0.39 is 0 Å². The Morgan fingerprint density at radius 2 is 1.76 bits per heavy atom. The van der Waals surface area contributed by atoms with E-state index >= 15 is 0 Å². The van der Waals surface area contributed by atoms with Crippen molar-refractivity contribution < 1.29 is 9.90 Å². The number of aliphatic hydroxyl groups excluding tert-OH is 1. The average molecular weight is 284 g/mol. The zero-order chi connectivity index (χ0) is 15.5. The first-order valence-electron chi connectivity index (χ1n) is 7.52. The Morgan fingerprint density at radius 1 is 1.10 bits per heavy atom. The summed E-state index contributed by atoms with van der Waals surface area (Å²) in [5.74, 6) is 0.198. The lowest BCUT2D eigenvalue weighted by Gasteiger charge is -2.21. The average Bonchev–Trinajstić information content (AvgIpc) is 2.45. The summed E-state index contributed by atoms with van der Waals surface area (Å²) >= 11 is 0. The van der Waals surface area contributed by atoms with Crippen molar-refractivity contribution in [1.29, 1.82) is 0 Å². The molecule has 0 aliphatic heterocycles. The Labute approximate surface area is 126 Å². The van der Waals surface area contributed by atoms with Crippen molar-refractivity contribution in [2.75, 3.05) is 6.61 Å². The van der Waals surface area contributed by atoms with Crippen molar-refractivity contribution in [2.24, 2.45) is 11.3 Å². The molecule has 0 radical (unpaired) electrons. The van der Waals surface area contributed by atoms with Crippen molar-refractivity contribution in [2.45, 2.75) is 33.6 Å². The molecule has 1 unspecified atom stereocenters. The van der Waals surface area contributed by atoms with Gasteiger partial charge >= 0.3 is 0 Å². The molecule has 0 fully saturated rings. The van der Waals surface area contributed by atoms with Crippen molar-refractivity contribution in [3.05, 3.63) is 48.0 Å². The van der Waals surface area contributed by atoms with Gasteiger partial charge < -0.3 is 5.11 Å². The van der Waals surface area contributed by atoms with Gasteiger partial charge in [0.1, 0.15) is 5.78 Å². The van der Waals surface area contributed by atoms with Gasteiger partial charge in [-0.15, -0.1) is 0 Å². The normalized spacial score (nSPS) is 13.3. The summed E-state index contributed by atoms with van der Waals surface area (Å²) in [4.78, 5) is 12.2. The van der Waals surface area contributed by atoms with Gasteiger partial charge in [0.25, 0.3) is 0 Å². The second-order valence-electron chi connectivity index (χ2n) is 6.77. The molecule has 21 heavy (non-hydrogen) atoms. The van der Waals surface area contributed by atoms with E-state index in [4.69, 9.17) is 0 Å². The lowest BCUT2D eigenvalue weighted by molar-refractivity contribution is -0.127. The van der Waals surface area contributed by atoms with Crippen molar-refractivity contribution >= 4 is 16.6 Å². The third-order valence-corrected chi connectivity index (χ3v) is 3.96. The molecule has 0 aliphatic carbocycles. The lowest BCUT2D eigenvalue weighted by Crippen LogP contribution is -2.25. The van der Waals surface area contributed by atoms with Crippen LogP contribution in [0.25, 0.3) is 10.8 Å². The predicted octanol–water partition coefficient (Wildman–Crippen LogP) is 4.00. The number of carbonyl (C=O) groups excluding carboxylic acids is 1. The van der Waals surface area contributed by atoms with Crippen molar-refractivity contribution in [3.63, 3.8) is 0 Å². The minimum absolute atomic E-state index is 0.0115. The van der Waals surface area contributed by atoms with Crippen LogP contribution in [0, 0.1) is 11.3 Å². The van der Waals surface area contributed by atoms with Crippen LogP contribution in [0.1, 0.15) is 32.8 Å². The fraction of sp³-hybridized carbons (Fsp3) is 0.421. The number of rotatable bonds is 5. The van der Waals surface area contributed by atoms with Crippen LogP contribution in [-0.2, 0) is 11.2 Å². The van der Waals surface area contributed by atoms with Gasteiger partial charge in [-0.2, -0.15) is 0 Å². The van der Waals surface area contributed by atoms with Gasteiger partial charge in [0.2, 0.25) is 0 Å². The molecule has 0 aliphatic rings. The van der Waals surface area contributed by atoms with Crippen LogP contribution >= 0.6 is 0 Å². The standard InChI is InChI=1S/C19H24O2/c1-19(2,3)18(21)12-14(13-20)11-16-9-6-8-15-7-4-5-10-17(15)16/h4-10,14,20H,11-13H2,1-3H3. The SMILES string of the molecule is CC(C)(C)C(=O)CC(CO)Cc1cccc2ccccc12. The Balaban J connectivity index is 2.19. The maximum absolute atomic E-state index is 12.2. The first-order valence-corrected chi connectivity index (χ1v) is 7.52. The molecule has 0 saturated carbocycles. The maximum atomic E-state index is 12.2. The van der Waals surface area contributed by atoms with Gasteiger partial charge in [-0.25, -0.2) is 0 Å². The molecule has 2 rings (SSSR count). The van der Waals surface area contributed by atoms with E-state index in [-0.39, 0.29) is 23.7 Å². The largest absolute Gasteiger partial charge is 0.396 e. The molecule has 0 spiro atoms. The Hall–Kier alpha value is -1.67. The zero-order valence-corrected chi connectivity index (χ0v) is 13.1. The summed E-state index contributed by atoms with van der Waals surface area (Å²) in [5, 5.41) is 12.0. The van der Waals surface area contributed by atoms with E-state index in [2.05, 4.69) is 24.3 Å². The molecular weight excluding hydrogens is 260 g/mol. The minimum atomic E-state index is -0.341. The van der Waals surface area contributed by atoms with E-state index in [0.717, 1.165) is 6.42 Å². The third kappa shape index (κ3) is 3.92. The van der Waals surface area contributed by atoms with E-state index in [1.807, 2.05) is 39.0 Å². The second kappa shape index (κ2) is 6.40. The summed E-state index contributed by atoms with van der Waals surface area (Å²) in [6, 6.07) is 14.5. The van der Waals surface area contributed by atoms with E-state index in [1.165, 1.54) is 16.3 Å². The highest BCUT2D eigenvalue weighted by molar-refractivity contribution is 5.86. The summed E-state index contributed by atoms with van der Waals surface area (Å²) in [6.07, 6.45) is 1.17. The predicted molar refractivity (Wildman–Crippen MR) is 87.3 cm³/mol. The van der Waals surface area contributed by atoms with Gasteiger partial charge in [0.15, 0.2) is 0 Å². The van der Waals surface area contributed by atoms with Crippen molar-refractivity contribution in [1.82, 2.24) is 0 Å². The fourth-order valence-electron chi connectivity index (χ4n) is 2.55. The van der Waals surface area contributed by atoms with Crippen LogP contribution in [0.4, 0.5) is 0 Å². The molecular formula is C19H24O2. The summed E-state index contributed by atoms with van der Waals surface area (Å²) < 4.78 is 0. The number of carbonyl (C=O) groups is 1. The van der Waals surface area contributed by atoms with E-state index in [1.54, 1.807) is 0 Å². The smallest absolute Gasteiger partial charge is 0.138 e. The van der Waals surface area contributed by atoms with Crippen molar-refractivity contribution in [3.8, 4) is 0 Å². The number of hydrogen-bond acceptors (Lipinski definition) is 2. The number of ketones is 1. The molecule has 0 bridgehead atoms. The van der Waals surface area contributed by atoms with Crippen LogP contribution in [0.15, 0.2) is 42.5 Å². The number of aliphatic hydroxyl groups is 1. The molecule has 112 valence electrons. The van der Waals surface area contributed by atoms with Crippen LogP contribution in [0.3, 0.4) is 0 Å². The molecule has 0 amide bonds. The van der Waals surface area contributed by atoms with Gasteiger partial charge in [0, 0.05) is 18.4 Å². The molecule has 2 heteroatoms. The van der Waals surface area contributed by atoms with Crippen LogP contribution in [0.5, 0.6) is 0 Å². The lowest BCUT2D eigenvalue weighted by atomic mass is 9.83. The Kier molecular flexibility index (Phi) is 4.79. The molecule has 2 aromatic rings. The molecule has 2 aromatic carbocycles. The van der Waals surface area contributed by atoms with Gasteiger partial charge in [0.05, 0.1) is 0 Å². The molecule has 1 atom stereocenters. The van der Waals surface area contributed by atoms with E-state index in [9.17, 15) is 9.90 Å². The van der Waals surface area contributed by atoms with Gasteiger partial charge in [-0.05, 0) is 28.7 Å². The third-order valence-electron chi connectivity index (χ3n) is 3.96. The van der Waals surface area contributed by atoms with Gasteiger partial charge in [-0.3, -0.25) is 4.79 Å². The fourth-order valence-corrected chi connectivity index (χ4v) is 2.55.